The van der Waals surface area contributed by atoms with E-state index in [4.69, 9.17) is 4.74 Å². The highest BCUT2D eigenvalue weighted by Crippen LogP contribution is 2.21. The van der Waals surface area contributed by atoms with Crippen LogP contribution in [0.25, 0.3) is 10.9 Å². The summed E-state index contributed by atoms with van der Waals surface area (Å²) in [7, 11) is 0. The van der Waals surface area contributed by atoms with E-state index in [0.29, 0.717) is 5.69 Å². The van der Waals surface area contributed by atoms with E-state index >= 15 is 0 Å². The molecule has 1 aromatic heterocycles. The van der Waals surface area contributed by atoms with Crippen molar-refractivity contribution in [3.8, 4) is 0 Å². The van der Waals surface area contributed by atoms with Gasteiger partial charge in [-0.05, 0) is 32.4 Å². The fourth-order valence-electron chi connectivity index (χ4n) is 1.76. The quantitative estimate of drug-likeness (QED) is 0.785. The fourth-order valence-corrected chi connectivity index (χ4v) is 1.76. The Balaban J connectivity index is 2.45. The Morgan fingerprint density at radius 2 is 2.00 bits per heavy atom. The summed E-state index contributed by atoms with van der Waals surface area (Å²) in [5, 5.41) is 1.07. The Hall–Kier alpha value is -1.77. The Morgan fingerprint density at radius 3 is 2.62 bits per heavy atom. The van der Waals surface area contributed by atoms with Crippen LogP contribution in [0.4, 0.5) is 0 Å². The monoisotopic (exact) mass is 217 g/mol. The smallest absolute Gasteiger partial charge is 0.355 e. The van der Waals surface area contributed by atoms with E-state index in [1.54, 1.807) is 0 Å². The Morgan fingerprint density at radius 1 is 1.31 bits per heavy atom. The average molecular weight is 217 g/mol. The number of nitrogens with one attached hydrogen (secondary N) is 1. The van der Waals surface area contributed by atoms with Crippen molar-refractivity contribution >= 4 is 16.9 Å². The van der Waals surface area contributed by atoms with Crippen LogP contribution in [0.5, 0.6) is 0 Å². The van der Waals surface area contributed by atoms with Gasteiger partial charge in [-0.1, -0.05) is 18.2 Å². The first-order valence-electron chi connectivity index (χ1n) is 5.38. The lowest BCUT2D eigenvalue weighted by atomic mass is 10.1. The Bertz CT molecular complexity index is 526. The minimum atomic E-state index is -0.288. The van der Waals surface area contributed by atoms with Crippen LogP contribution >= 0.6 is 0 Å². The number of aryl methyl sites for hydroxylation is 1. The third-order valence-electron chi connectivity index (χ3n) is 2.51. The van der Waals surface area contributed by atoms with Gasteiger partial charge in [0.1, 0.15) is 5.69 Å². The van der Waals surface area contributed by atoms with E-state index in [9.17, 15) is 4.79 Å². The van der Waals surface area contributed by atoms with E-state index in [-0.39, 0.29) is 12.1 Å². The number of carbonyl (C=O) groups excluding carboxylic acids is 1. The molecule has 0 bridgehead atoms. The van der Waals surface area contributed by atoms with Crippen LogP contribution in [0.1, 0.15) is 29.9 Å². The fraction of sp³-hybridized carbons (Fsp3) is 0.308. The molecule has 0 saturated carbocycles. The molecule has 16 heavy (non-hydrogen) atoms. The molecule has 0 unspecified atom stereocenters. The number of para-hydroxylation sites is 1. The summed E-state index contributed by atoms with van der Waals surface area (Å²) < 4.78 is 5.18. The van der Waals surface area contributed by atoms with E-state index < -0.39 is 0 Å². The maximum absolute atomic E-state index is 11.8. The highest BCUT2D eigenvalue weighted by atomic mass is 16.5. The zero-order valence-electron chi connectivity index (χ0n) is 9.70. The van der Waals surface area contributed by atoms with Gasteiger partial charge in [0.2, 0.25) is 0 Å². The summed E-state index contributed by atoms with van der Waals surface area (Å²) in [4.78, 5) is 14.9. The number of aromatic nitrogens is 1. The number of H-pyrrole nitrogens is 1. The SMILES string of the molecule is Cc1c(C(=O)OC(C)C)[nH]c2ccccc12. The van der Waals surface area contributed by atoms with Gasteiger partial charge in [0.25, 0.3) is 0 Å². The summed E-state index contributed by atoms with van der Waals surface area (Å²) >= 11 is 0. The van der Waals surface area contributed by atoms with Crippen molar-refractivity contribution in [2.75, 3.05) is 0 Å². The molecule has 84 valence electrons. The zero-order chi connectivity index (χ0) is 11.7. The number of ether oxygens (including phenoxy) is 1. The molecule has 0 radical (unpaired) electrons. The molecule has 2 rings (SSSR count). The molecule has 0 atom stereocenters. The lowest BCUT2D eigenvalue weighted by molar-refractivity contribution is 0.0371. The van der Waals surface area contributed by atoms with Crippen LogP contribution in [0, 0.1) is 6.92 Å². The molecule has 0 aliphatic heterocycles. The molecule has 0 spiro atoms. The molecular weight excluding hydrogens is 202 g/mol. The summed E-state index contributed by atoms with van der Waals surface area (Å²) in [6.07, 6.45) is -0.0988. The molecule has 1 N–H and O–H groups in total. The van der Waals surface area contributed by atoms with Crippen LogP contribution in [0.15, 0.2) is 24.3 Å². The average Bonchev–Trinajstić information content (AvgIpc) is 2.56. The molecule has 0 fully saturated rings. The van der Waals surface area contributed by atoms with Crippen LogP contribution in [0.3, 0.4) is 0 Å². The van der Waals surface area contributed by atoms with Crippen molar-refractivity contribution in [1.82, 2.24) is 4.98 Å². The number of benzene rings is 1. The second-order valence-electron chi connectivity index (χ2n) is 4.12. The molecule has 1 aromatic carbocycles. The Labute approximate surface area is 94.4 Å². The first kappa shape index (κ1) is 10.7. The van der Waals surface area contributed by atoms with Gasteiger partial charge in [-0.25, -0.2) is 4.79 Å². The molecule has 3 heteroatoms. The van der Waals surface area contributed by atoms with Crippen LogP contribution in [-0.2, 0) is 4.74 Å². The Kier molecular flexibility index (Phi) is 2.69. The van der Waals surface area contributed by atoms with Gasteiger partial charge in [-0.15, -0.1) is 0 Å². The number of rotatable bonds is 2. The molecule has 3 nitrogen and oxygen atoms in total. The van der Waals surface area contributed by atoms with Crippen LogP contribution in [0.2, 0.25) is 0 Å². The van der Waals surface area contributed by atoms with Gasteiger partial charge in [-0.3, -0.25) is 0 Å². The highest BCUT2D eigenvalue weighted by Gasteiger charge is 2.16. The minimum absolute atomic E-state index is 0.0988. The normalized spacial score (nSPS) is 11.0. The predicted octanol–water partition coefficient (Wildman–Crippen LogP) is 3.04. The summed E-state index contributed by atoms with van der Waals surface area (Å²) in [5.74, 6) is -0.288. The maximum atomic E-state index is 11.8. The van der Waals surface area contributed by atoms with E-state index in [2.05, 4.69) is 4.98 Å². The van der Waals surface area contributed by atoms with Crippen molar-refractivity contribution in [3.63, 3.8) is 0 Å². The van der Waals surface area contributed by atoms with Crippen molar-refractivity contribution < 1.29 is 9.53 Å². The number of carbonyl (C=O) groups is 1. The lowest BCUT2D eigenvalue weighted by Crippen LogP contribution is -2.12. The van der Waals surface area contributed by atoms with Gasteiger partial charge in [0, 0.05) is 10.9 Å². The second-order valence-corrected chi connectivity index (χ2v) is 4.12. The molecule has 0 aliphatic carbocycles. The van der Waals surface area contributed by atoms with Gasteiger partial charge in [-0.2, -0.15) is 0 Å². The largest absolute Gasteiger partial charge is 0.458 e. The maximum Gasteiger partial charge on any atom is 0.355 e. The summed E-state index contributed by atoms with van der Waals surface area (Å²) in [6, 6.07) is 7.85. The van der Waals surface area contributed by atoms with Crippen LogP contribution < -0.4 is 0 Å². The highest BCUT2D eigenvalue weighted by molar-refractivity contribution is 5.98. The molecular formula is C13H15NO2. The van der Waals surface area contributed by atoms with Crippen molar-refractivity contribution in [2.24, 2.45) is 0 Å². The molecule has 0 amide bonds. The lowest BCUT2D eigenvalue weighted by Gasteiger charge is -2.06. The molecule has 0 saturated heterocycles. The predicted molar refractivity (Wildman–Crippen MR) is 63.6 cm³/mol. The number of fused-ring (bicyclic) bond motifs is 1. The third kappa shape index (κ3) is 1.81. The molecule has 2 aromatic rings. The zero-order valence-corrected chi connectivity index (χ0v) is 9.70. The van der Waals surface area contributed by atoms with Gasteiger partial charge < -0.3 is 9.72 Å². The van der Waals surface area contributed by atoms with Crippen molar-refractivity contribution in [3.05, 3.63) is 35.5 Å². The third-order valence-corrected chi connectivity index (χ3v) is 2.51. The topological polar surface area (TPSA) is 42.1 Å². The van der Waals surface area contributed by atoms with E-state index in [0.717, 1.165) is 16.5 Å². The number of hydrogen-bond donors (Lipinski definition) is 1. The van der Waals surface area contributed by atoms with Gasteiger partial charge in [0.05, 0.1) is 6.10 Å². The van der Waals surface area contributed by atoms with E-state index in [1.807, 2.05) is 45.0 Å². The number of hydrogen-bond acceptors (Lipinski definition) is 2. The molecule has 1 heterocycles. The van der Waals surface area contributed by atoms with E-state index in [1.165, 1.54) is 0 Å². The van der Waals surface area contributed by atoms with Crippen LogP contribution in [-0.4, -0.2) is 17.1 Å². The first-order valence-corrected chi connectivity index (χ1v) is 5.38. The van der Waals surface area contributed by atoms with Gasteiger partial charge in [0.15, 0.2) is 0 Å². The number of esters is 1. The number of aromatic amines is 1. The standard InChI is InChI=1S/C13H15NO2/c1-8(2)16-13(15)12-9(3)10-6-4-5-7-11(10)14-12/h4-8,14H,1-3H3. The summed E-state index contributed by atoms with van der Waals surface area (Å²) in [5.41, 5.74) is 2.46. The molecule has 0 aliphatic rings. The van der Waals surface area contributed by atoms with Gasteiger partial charge >= 0.3 is 5.97 Å². The minimum Gasteiger partial charge on any atom is -0.458 e. The second kappa shape index (κ2) is 4.00. The van der Waals surface area contributed by atoms with Crippen molar-refractivity contribution in [1.29, 1.82) is 0 Å². The first-order chi connectivity index (χ1) is 7.59. The summed E-state index contributed by atoms with van der Waals surface area (Å²) in [6.45, 7) is 5.61. The van der Waals surface area contributed by atoms with Crippen molar-refractivity contribution in [2.45, 2.75) is 26.9 Å².